The van der Waals surface area contributed by atoms with Gasteiger partial charge in [-0.3, -0.25) is 0 Å². The zero-order valence-corrected chi connectivity index (χ0v) is 11.9. The van der Waals surface area contributed by atoms with E-state index in [-0.39, 0.29) is 5.41 Å². The first-order valence-electron chi connectivity index (χ1n) is 7.24. The fraction of sp³-hybridized carbons (Fsp3) is 0.933. The van der Waals surface area contributed by atoms with E-state index in [1.165, 1.54) is 25.7 Å². The molecule has 0 saturated heterocycles. The number of methoxy groups -OCH3 is 1. The Labute approximate surface area is 111 Å². The highest BCUT2D eigenvalue weighted by Crippen LogP contribution is 2.42. The Hall–Kier alpha value is -0.590. The molecule has 0 aliphatic heterocycles. The predicted molar refractivity (Wildman–Crippen MR) is 72.2 cm³/mol. The number of hydrogen-bond acceptors (Lipinski definition) is 3. The smallest absolute Gasteiger partial charge is 0.0700 e. The molecule has 0 radical (unpaired) electrons. The van der Waals surface area contributed by atoms with E-state index in [9.17, 15) is 5.26 Å². The molecule has 104 valence electrons. The van der Waals surface area contributed by atoms with Crippen molar-refractivity contribution in [3.63, 3.8) is 0 Å². The van der Waals surface area contributed by atoms with Gasteiger partial charge in [-0.1, -0.05) is 19.8 Å². The second-order valence-corrected chi connectivity index (χ2v) is 5.48. The monoisotopic (exact) mass is 253 g/mol. The third-order valence-electron chi connectivity index (χ3n) is 4.15. The molecule has 0 N–H and O–H groups in total. The molecule has 1 aliphatic rings. The number of ether oxygens (including phenoxy) is 2. The minimum absolute atomic E-state index is 0.114. The highest BCUT2D eigenvalue weighted by atomic mass is 16.5. The van der Waals surface area contributed by atoms with Crippen LogP contribution in [0.4, 0.5) is 0 Å². The molecule has 0 aromatic rings. The first kappa shape index (κ1) is 15.5. The van der Waals surface area contributed by atoms with Crippen molar-refractivity contribution in [1.29, 1.82) is 5.26 Å². The summed E-state index contributed by atoms with van der Waals surface area (Å²) in [5.74, 6) is 0.853. The SMILES string of the molecule is CCCC1CCC(C#N)(CCOCCOC)CC1. The van der Waals surface area contributed by atoms with E-state index in [4.69, 9.17) is 9.47 Å². The summed E-state index contributed by atoms with van der Waals surface area (Å²) in [5, 5.41) is 9.43. The van der Waals surface area contributed by atoms with E-state index in [0.717, 1.165) is 25.2 Å². The number of hydrogen-bond donors (Lipinski definition) is 0. The zero-order valence-electron chi connectivity index (χ0n) is 11.9. The molecule has 1 rings (SSSR count). The summed E-state index contributed by atoms with van der Waals surface area (Å²) in [4.78, 5) is 0. The quantitative estimate of drug-likeness (QED) is 0.621. The van der Waals surface area contributed by atoms with Crippen LogP contribution in [0.5, 0.6) is 0 Å². The molecule has 3 nitrogen and oxygen atoms in total. The largest absolute Gasteiger partial charge is 0.382 e. The van der Waals surface area contributed by atoms with Crippen molar-refractivity contribution in [2.75, 3.05) is 26.9 Å². The first-order valence-corrected chi connectivity index (χ1v) is 7.24. The molecule has 0 unspecified atom stereocenters. The average molecular weight is 253 g/mol. The van der Waals surface area contributed by atoms with Crippen molar-refractivity contribution in [2.45, 2.75) is 51.9 Å². The van der Waals surface area contributed by atoms with Crippen LogP contribution in [0.2, 0.25) is 0 Å². The molecular formula is C15H27NO2. The zero-order chi connectivity index (χ0) is 13.3. The Balaban J connectivity index is 2.26. The minimum Gasteiger partial charge on any atom is -0.382 e. The molecule has 1 fully saturated rings. The van der Waals surface area contributed by atoms with Crippen molar-refractivity contribution >= 4 is 0 Å². The van der Waals surface area contributed by atoms with Crippen LogP contribution >= 0.6 is 0 Å². The van der Waals surface area contributed by atoms with Crippen LogP contribution in [0.3, 0.4) is 0 Å². The fourth-order valence-corrected chi connectivity index (χ4v) is 2.86. The molecule has 0 amide bonds. The van der Waals surface area contributed by atoms with Crippen molar-refractivity contribution in [3.05, 3.63) is 0 Å². The van der Waals surface area contributed by atoms with Gasteiger partial charge in [-0.25, -0.2) is 0 Å². The minimum atomic E-state index is -0.114. The van der Waals surface area contributed by atoms with E-state index >= 15 is 0 Å². The second kappa shape index (κ2) is 8.50. The Kier molecular flexibility index (Phi) is 7.31. The van der Waals surface area contributed by atoms with Gasteiger partial charge in [0, 0.05) is 13.7 Å². The highest BCUT2D eigenvalue weighted by molar-refractivity contribution is 5.01. The fourth-order valence-electron chi connectivity index (χ4n) is 2.86. The van der Waals surface area contributed by atoms with Gasteiger partial charge in [0.15, 0.2) is 0 Å². The lowest BCUT2D eigenvalue weighted by Crippen LogP contribution is -2.27. The number of nitrogens with zero attached hydrogens (tertiary/aromatic N) is 1. The molecule has 0 atom stereocenters. The van der Waals surface area contributed by atoms with Gasteiger partial charge in [0.05, 0.1) is 24.7 Å². The molecule has 1 saturated carbocycles. The van der Waals surface area contributed by atoms with Gasteiger partial charge in [0.2, 0.25) is 0 Å². The van der Waals surface area contributed by atoms with E-state index in [1.54, 1.807) is 7.11 Å². The van der Waals surface area contributed by atoms with Gasteiger partial charge in [-0.05, 0) is 38.0 Å². The van der Waals surface area contributed by atoms with Crippen LogP contribution in [0.1, 0.15) is 51.9 Å². The standard InChI is InChI=1S/C15H27NO2/c1-3-4-14-5-7-15(13-16,8-6-14)9-10-18-12-11-17-2/h14H,3-12H2,1-2H3. The predicted octanol–water partition coefficient (Wildman–Crippen LogP) is 3.54. The first-order chi connectivity index (χ1) is 8.76. The van der Waals surface area contributed by atoms with Gasteiger partial charge in [-0.2, -0.15) is 5.26 Å². The number of rotatable bonds is 8. The summed E-state index contributed by atoms with van der Waals surface area (Å²) in [7, 11) is 1.68. The highest BCUT2D eigenvalue weighted by Gasteiger charge is 2.34. The van der Waals surface area contributed by atoms with Gasteiger partial charge >= 0.3 is 0 Å². The molecule has 3 heteroatoms. The van der Waals surface area contributed by atoms with Gasteiger partial charge in [-0.15, -0.1) is 0 Å². The van der Waals surface area contributed by atoms with Gasteiger partial charge < -0.3 is 9.47 Å². The molecule has 0 aromatic heterocycles. The van der Waals surface area contributed by atoms with Crippen molar-refractivity contribution in [2.24, 2.45) is 11.3 Å². The molecule has 0 heterocycles. The summed E-state index contributed by atoms with van der Waals surface area (Å²) < 4.78 is 10.4. The normalized spacial score (nSPS) is 27.9. The van der Waals surface area contributed by atoms with E-state index in [2.05, 4.69) is 13.0 Å². The molecular weight excluding hydrogens is 226 g/mol. The summed E-state index contributed by atoms with van der Waals surface area (Å²) in [6, 6.07) is 2.56. The maximum atomic E-state index is 9.43. The van der Waals surface area contributed by atoms with E-state index in [0.29, 0.717) is 19.8 Å². The third kappa shape index (κ3) is 4.96. The van der Waals surface area contributed by atoms with Crippen LogP contribution < -0.4 is 0 Å². The van der Waals surface area contributed by atoms with Crippen molar-refractivity contribution in [1.82, 2.24) is 0 Å². The Bertz CT molecular complexity index is 252. The van der Waals surface area contributed by atoms with E-state index in [1.807, 2.05) is 0 Å². The van der Waals surface area contributed by atoms with Crippen LogP contribution in [0.15, 0.2) is 0 Å². The lowest BCUT2D eigenvalue weighted by atomic mass is 9.69. The summed E-state index contributed by atoms with van der Waals surface area (Å²) in [6.45, 7) is 4.21. The maximum Gasteiger partial charge on any atom is 0.0700 e. The Morgan fingerprint density at radius 2 is 1.94 bits per heavy atom. The second-order valence-electron chi connectivity index (χ2n) is 5.48. The summed E-state index contributed by atoms with van der Waals surface area (Å²) >= 11 is 0. The Morgan fingerprint density at radius 1 is 1.22 bits per heavy atom. The van der Waals surface area contributed by atoms with E-state index < -0.39 is 0 Å². The Morgan fingerprint density at radius 3 is 2.50 bits per heavy atom. The van der Waals surface area contributed by atoms with Crippen molar-refractivity contribution < 1.29 is 9.47 Å². The third-order valence-corrected chi connectivity index (χ3v) is 4.15. The molecule has 1 aliphatic carbocycles. The van der Waals surface area contributed by atoms with Crippen molar-refractivity contribution in [3.8, 4) is 6.07 Å². The summed E-state index contributed by atoms with van der Waals surface area (Å²) in [5.41, 5.74) is -0.114. The maximum absolute atomic E-state index is 9.43. The number of nitriles is 1. The lowest BCUT2D eigenvalue weighted by molar-refractivity contribution is 0.0499. The molecule has 18 heavy (non-hydrogen) atoms. The average Bonchev–Trinajstić information content (AvgIpc) is 2.41. The van der Waals surface area contributed by atoms with Crippen LogP contribution in [0.25, 0.3) is 0 Å². The van der Waals surface area contributed by atoms with Crippen LogP contribution in [-0.4, -0.2) is 26.9 Å². The van der Waals surface area contributed by atoms with Gasteiger partial charge in [0.1, 0.15) is 0 Å². The summed E-state index contributed by atoms with van der Waals surface area (Å²) in [6.07, 6.45) is 8.03. The molecule has 0 spiro atoms. The lowest BCUT2D eigenvalue weighted by Gasteiger charge is -2.34. The topological polar surface area (TPSA) is 42.2 Å². The molecule has 0 aromatic carbocycles. The molecule has 0 bridgehead atoms. The van der Waals surface area contributed by atoms with Crippen LogP contribution in [0, 0.1) is 22.7 Å². The van der Waals surface area contributed by atoms with Gasteiger partial charge in [0.25, 0.3) is 0 Å². The van der Waals surface area contributed by atoms with Crippen LogP contribution in [-0.2, 0) is 9.47 Å².